The van der Waals surface area contributed by atoms with Crippen LogP contribution in [-0.2, 0) is 21.0 Å². The highest BCUT2D eigenvalue weighted by Crippen LogP contribution is 2.38. The lowest BCUT2D eigenvalue weighted by atomic mass is 10.1. The summed E-state index contributed by atoms with van der Waals surface area (Å²) in [7, 11) is -4.13. The molecule has 182 valence electrons. The molecular formula is C23H24F3N3O4S. The summed E-state index contributed by atoms with van der Waals surface area (Å²) in [6.07, 6.45) is -3.77. The zero-order valence-electron chi connectivity index (χ0n) is 18.4. The highest BCUT2D eigenvalue weighted by Gasteiger charge is 2.39. The zero-order chi connectivity index (χ0) is 24.7. The second-order valence-electron chi connectivity index (χ2n) is 8.61. The Hall–Kier alpha value is -2.92. The summed E-state index contributed by atoms with van der Waals surface area (Å²) in [6.45, 7) is 2.16. The number of nitrogens with zero attached hydrogens (tertiary/aromatic N) is 2. The number of amides is 2. The summed E-state index contributed by atoms with van der Waals surface area (Å²) in [5, 5.41) is 2.82. The van der Waals surface area contributed by atoms with E-state index in [0.717, 1.165) is 28.9 Å². The largest absolute Gasteiger partial charge is 0.416 e. The van der Waals surface area contributed by atoms with Gasteiger partial charge in [0.1, 0.15) is 0 Å². The molecule has 34 heavy (non-hydrogen) atoms. The Bertz CT molecular complexity index is 1190. The number of hydrogen-bond donors (Lipinski definition) is 1. The van der Waals surface area contributed by atoms with Crippen molar-refractivity contribution < 1.29 is 31.2 Å². The van der Waals surface area contributed by atoms with E-state index in [1.807, 2.05) is 6.92 Å². The smallest absolute Gasteiger partial charge is 0.336 e. The minimum absolute atomic E-state index is 0.0297. The number of halogens is 3. The molecular weight excluding hydrogens is 471 g/mol. The first kappa shape index (κ1) is 24.2. The van der Waals surface area contributed by atoms with E-state index >= 15 is 0 Å². The van der Waals surface area contributed by atoms with E-state index in [0.29, 0.717) is 23.2 Å². The summed E-state index contributed by atoms with van der Waals surface area (Å²) < 4.78 is 65.7. The molecule has 2 aliphatic rings. The fraction of sp³-hybridized carbons (Fsp3) is 0.391. The predicted molar refractivity (Wildman–Crippen MR) is 118 cm³/mol. The van der Waals surface area contributed by atoms with Gasteiger partial charge in [-0.25, -0.2) is 8.42 Å². The molecule has 2 fully saturated rings. The zero-order valence-corrected chi connectivity index (χ0v) is 19.2. The van der Waals surface area contributed by atoms with Gasteiger partial charge in [-0.3, -0.25) is 9.59 Å². The lowest BCUT2D eigenvalue weighted by Gasteiger charge is -2.34. The molecule has 11 heteroatoms. The van der Waals surface area contributed by atoms with Crippen LogP contribution in [0.5, 0.6) is 0 Å². The van der Waals surface area contributed by atoms with Crippen LogP contribution >= 0.6 is 0 Å². The maximum absolute atomic E-state index is 13.0. The van der Waals surface area contributed by atoms with Crippen molar-refractivity contribution in [3.8, 4) is 0 Å². The van der Waals surface area contributed by atoms with Gasteiger partial charge in [0, 0.05) is 43.3 Å². The molecule has 1 heterocycles. The standard InChI is InChI=1S/C23H24F3N3O4S/c1-15-13-20(15)21(30)27-18-7-5-16(6-8-18)22(31)28-9-11-29(12-10-28)34(32,33)19-4-2-3-17(14-19)23(24,25)26/h2-8,14-15,20H,9-13H2,1H3,(H,27,30). The van der Waals surface area contributed by atoms with Crippen molar-refractivity contribution in [2.75, 3.05) is 31.5 Å². The van der Waals surface area contributed by atoms with Crippen molar-refractivity contribution in [2.45, 2.75) is 24.4 Å². The molecule has 2 amide bonds. The fourth-order valence-corrected chi connectivity index (χ4v) is 5.38. The van der Waals surface area contributed by atoms with Gasteiger partial charge in [0.25, 0.3) is 5.91 Å². The first-order chi connectivity index (χ1) is 16.0. The third kappa shape index (κ3) is 5.10. The highest BCUT2D eigenvalue weighted by atomic mass is 32.2. The van der Waals surface area contributed by atoms with Gasteiger partial charge < -0.3 is 10.2 Å². The van der Waals surface area contributed by atoms with Crippen molar-refractivity contribution in [3.05, 3.63) is 59.7 Å². The average Bonchev–Trinajstić information content (AvgIpc) is 3.55. The van der Waals surface area contributed by atoms with Crippen molar-refractivity contribution >= 4 is 27.5 Å². The Morgan fingerprint density at radius 1 is 1.00 bits per heavy atom. The van der Waals surface area contributed by atoms with Crippen LogP contribution in [0, 0.1) is 11.8 Å². The molecule has 0 bridgehead atoms. The molecule has 0 spiro atoms. The minimum atomic E-state index is -4.65. The van der Waals surface area contributed by atoms with Gasteiger partial charge in [-0.05, 0) is 54.8 Å². The van der Waals surface area contributed by atoms with E-state index in [1.165, 1.54) is 4.90 Å². The van der Waals surface area contributed by atoms with Gasteiger partial charge >= 0.3 is 6.18 Å². The number of anilines is 1. The maximum Gasteiger partial charge on any atom is 0.416 e. The first-order valence-electron chi connectivity index (χ1n) is 10.8. The number of carbonyl (C=O) groups excluding carboxylic acids is 2. The molecule has 1 aliphatic carbocycles. The number of benzene rings is 2. The molecule has 7 nitrogen and oxygen atoms in total. The molecule has 0 radical (unpaired) electrons. The topological polar surface area (TPSA) is 86.8 Å². The number of piperazine rings is 1. The van der Waals surface area contributed by atoms with Crippen LogP contribution in [0.15, 0.2) is 53.4 Å². The number of alkyl halides is 3. The Balaban J connectivity index is 1.37. The van der Waals surface area contributed by atoms with Gasteiger partial charge in [-0.2, -0.15) is 17.5 Å². The third-order valence-corrected chi connectivity index (χ3v) is 8.07. The number of carbonyl (C=O) groups is 2. The Labute approximate surface area is 195 Å². The second-order valence-corrected chi connectivity index (χ2v) is 10.5. The van der Waals surface area contributed by atoms with Crippen molar-refractivity contribution in [1.82, 2.24) is 9.21 Å². The van der Waals surface area contributed by atoms with E-state index in [4.69, 9.17) is 0 Å². The Morgan fingerprint density at radius 2 is 1.62 bits per heavy atom. The molecule has 1 saturated carbocycles. The normalized spacial score (nSPS) is 21.2. The lowest BCUT2D eigenvalue weighted by Crippen LogP contribution is -2.50. The predicted octanol–water partition coefficient (Wildman–Crippen LogP) is 3.45. The summed E-state index contributed by atoms with van der Waals surface area (Å²) in [5.74, 6) is 0.0937. The Morgan fingerprint density at radius 3 is 2.18 bits per heavy atom. The van der Waals surface area contributed by atoms with Gasteiger partial charge in [-0.1, -0.05) is 13.0 Å². The molecule has 2 aromatic carbocycles. The van der Waals surface area contributed by atoms with Crippen LogP contribution in [-0.4, -0.2) is 55.6 Å². The van der Waals surface area contributed by atoms with Crippen LogP contribution < -0.4 is 5.32 Å². The molecule has 1 saturated heterocycles. The summed E-state index contributed by atoms with van der Waals surface area (Å²) >= 11 is 0. The van der Waals surface area contributed by atoms with E-state index in [-0.39, 0.29) is 43.9 Å². The van der Waals surface area contributed by atoms with Crippen molar-refractivity contribution in [1.29, 1.82) is 0 Å². The summed E-state index contributed by atoms with van der Waals surface area (Å²) in [6, 6.07) is 10.1. The van der Waals surface area contributed by atoms with Crippen LogP contribution in [0.25, 0.3) is 0 Å². The molecule has 4 rings (SSSR count). The average molecular weight is 496 g/mol. The third-order valence-electron chi connectivity index (χ3n) is 6.17. The van der Waals surface area contributed by atoms with E-state index < -0.39 is 26.7 Å². The van der Waals surface area contributed by atoms with Gasteiger partial charge in [-0.15, -0.1) is 0 Å². The fourth-order valence-electron chi connectivity index (χ4n) is 3.91. The number of nitrogens with one attached hydrogen (secondary N) is 1. The summed E-state index contributed by atoms with van der Waals surface area (Å²) in [5.41, 5.74) is -0.0432. The second kappa shape index (κ2) is 9.03. The van der Waals surface area contributed by atoms with Gasteiger partial charge in [0.15, 0.2) is 0 Å². The summed E-state index contributed by atoms with van der Waals surface area (Å²) in [4.78, 5) is 25.9. The number of hydrogen-bond acceptors (Lipinski definition) is 4. The SMILES string of the molecule is CC1CC1C(=O)Nc1ccc(C(=O)N2CCN(S(=O)(=O)c3cccc(C(F)(F)F)c3)CC2)cc1. The number of sulfonamides is 1. The molecule has 0 aromatic heterocycles. The van der Waals surface area contributed by atoms with E-state index in [9.17, 15) is 31.2 Å². The number of rotatable bonds is 5. The van der Waals surface area contributed by atoms with E-state index in [1.54, 1.807) is 24.3 Å². The van der Waals surface area contributed by atoms with Crippen molar-refractivity contribution in [2.24, 2.45) is 11.8 Å². The molecule has 2 unspecified atom stereocenters. The monoisotopic (exact) mass is 495 g/mol. The van der Waals surface area contributed by atoms with Gasteiger partial charge in [0.05, 0.1) is 10.5 Å². The Kier molecular flexibility index (Phi) is 6.43. The highest BCUT2D eigenvalue weighted by molar-refractivity contribution is 7.89. The lowest BCUT2D eigenvalue weighted by molar-refractivity contribution is -0.137. The van der Waals surface area contributed by atoms with Crippen LogP contribution in [0.2, 0.25) is 0 Å². The molecule has 1 N–H and O–H groups in total. The van der Waals surface area contributed by atoms with Crippen LogP contribution in [0.4, 0.5) is 18.9 Å². The maximum atomic E-state index is 13.0. The van der Waals surface area contributed by atoms with Crippen molar-refractivity contribution in [3.63, 3.8) is 0 Å². The molecule has 2 aromatic rings. The van der Waals surface area contributed by atoms with Gasteiger partial charge in [0.2, 0.25) is 15.9 Å². The molecule has 2 atom stereocenters. The quantitative estimate of drug-likeness (QED) is 0.689. The van der Waals surface area contributed by atoms with Crippen LogP contribution in [0.1, 0.15) is 29.3 Å². The first-order valence-corrected chi connectivity index (χ1v) is 12.3. The van der Waals surface area contributed by atoms with Crippen LogP contribution in [0.3, 0.4) is 0 Å². The molecule has 1 aliphatic heterocycles. The van der Waals surface area contributed by atoms with E-state index in [2.05, 4.69) is 5.32 Å². The minimum Gasteiger partial charge on any atom is -0.336 e.